The van der Waals surface area contributed by atoms with Gasteiger partial charge in [0, 0.05) is 12.6 Å². The quantitative estimate of drug-likeness (QED) is 0.823. The van der Waals surface area contributed by atoms with Crippen molar-refractivity contribution in [2.24, 2.45) is 0 Å². The summed E-state index contributed by atoms with van der Waals surface area (Å²) in [6, 6.07) is 0.369. The van der Waals surface area contributed by atoms with Crippen LogP contribution in [0.25, 0.3) is 0 Å². The van der Waals surface area contributed by atoms with Gasteiger partial charge in [0.2, 0.25) is 0 Å². The van der Waals surface area contributed by atoms with Crippen molar-refractivity contribution in [3.8, 4) is 0 Å². The molecule has 2 fully saturated rings. The van der Waals surface area contributed by atoms with E-state index in [1.54, 1.807) is 0 Å². The number of hydrogen-bond donors (Lipinski definition) is 1. The molecule has 1 saturated heterocycles. The van der Waals surface area contributed by atoms with E-state index >= 15 is 0 Å². The zero-order valence-corrected chi connectivity index (χ0v) is 11.3. The van der Waals surface area contributed by atoms with Gasteiger partial charge in [0.15, 0.2) is 9.84 Å². The third kappa shape index (κ3) is 3.42. The fourth-order valence-corrected chi connectivity index (χ4v) is 5.01. The molecule has 0 aromatic carbocycles. The van der Waals surface area contributed by atoms with E-state index < -0.39 is 9.84 Å². The van der Waals surface area contributed by atoms with Crippen molar-refractivity contribution in [1.29, 1.82) is 0 Å². The zero-order chi connectivity index (χ0) is 12.3. The van der Waals surface area contributed by atoms with Gasteiger partial charge in [0.05, 0.1) is 17.1 Å². The second-order valence-corrected chi connectivity index (χ2v) is 7.56. The highest BCUT2D eigenvalue weighted by Crippen LogP contribution is 2.26. The molecule has 0 spiro atoms. The number of ether oxygens (including phenoxy) is 1. The van der Waals surface area contributed by atoms with E-state index in [9.17, 15) is 8.42 Å². The first-order valence-electron chi connectivity index (χ1n) is 6.62. The fraction of sp³-hybridized carbons (Fsp3) is 1.00. The molecule has 1 aliphatic carbocycles. The van der Waals surface area contributed by atoms with Crippen LogP contribution in [0.5, 0.6) is 0 Å². The van der Waals surface area contributed by atoms with Crippen molar-refractivity contribution in [2.75, 3.05) is 19.4 Å². The van der Waals surface area contributed by atoms with Gasteiger partial charge in [0.25, 0.3) is 0 Å². The lowest BCUT2D eigenvalue weighted by Gasteiger charge is -2.29. The maximum absolute atomic E-state index is 12.3. The third-order valence-electron chi connectivity index (χ3n) is 3.98. The molecule has 100 valence electrons. The van der Waals surface area contributed by atoms with Crippen LogP contribution in [0, 0.1) is 0 Å². The van der Waals surface area contributed by atoms with Gasteiger partial charge < -0.3 is 10.1 Å². The molecule has 0 bridgehead atoms. The second-order valence-electron chi connectivity index (χ2n) is 5.24. The van der Waals surface area contributed by atoms with Crippen LogP contribution in [0.15, 0.2) is 0 Å². The molecule has 0 radical (unpaired) electrons. The Bertz CT molecular complexity index is 336. The maximum atomic E-state index is 12.3. The average molecular weight is 261 g/mol. The Morgan fingerprint density at radius 2 is 2.06 bits per heavy atom. The van der Waals surface area contributed by atoms with Crippen molar-refractivity contribution >= 4 is 9.84 Å². The summed E-state index contributed by atoms with van der Waals surface area (Å²) in [5, 5.41) is 3.05. The summed E-state index contributed by atoms with van der Waals surface area (Å²) in [5.41, 5.74) is 0. The Morgan fingerprint density at radius 3 is 2.71 bits per heavy atom. The van der Waals surface area contributed by atoms with Gasteiger partial charge in [-0.05, 0) is 39.2 Å². The molecule has 1 aliphatic heterocycles. The highest BCUT2D eigenvalue weighted by Gasteiger charge is 2.33. The van der Waals surface area contributed by atoms with Gasteiger partial charge in [-0.1, -0.05) is 6.42 Å². The van der Waals surface area contributed by atoms with Crippen molar-refractivity contribution in [3.63, 3.8) is 0 Å². The van der Waals surface area contributed by atoms with Crippen LogP contribution in [-0.4, -0.2) is 45.2 Å². The van der Waals surface area contributed by atoms with E-state index in [0.29, 0.717) is 6.04 Å². The van der Waals surface area contributed by atoms with Gasteiger partial charge in [-0.3, -0.25) is 0 Å². The molecular formula is C12H23NO3S. The predicted molar refractivity (Wildman–Crippen MR) is 67.9 cm³/mol. The first-order valence-corrected chi connectivity index (χ1v) is 8.34. The first-order chi connectivity index (χ1) is 8.12. The smallest absolute Gasteiger partial charge is 0.155 e. The van der Waals surface area contributed by atoms with E-state index in [4.69, 9.17) is 4.74 Å². The molecule has 0 aromatic heterocycles. The molecule has 1 saturated carbocycles. The highest BCUT2D eigenvalue weighted by molar-refractivity contribution is 7.92. The van der Waals surface area contributed by atoms with E-state index in [2.05, 4.69) is 5.32 Å². The standard InChI is InChI=1S/C12H23NO3S/c1-13-10-4-2-6-12(8-10)17(14,15)9-11-5-3-7-16-11/h10-13H,2-9H2,1H3. The molecule has 2 aliphatic rings. The summed E-state index contributed by atoms with van der Waals surface area (Å²) >= 11 is 0. The van der Waals surface area contributed by atoms with Crippen LogP contribution >= 0.6 is 0 Å². The summed E-state index contributed by atoms with van der Waals surface area (Å²) < 4.78 is 30.0. The van der Waals surface area contributed by atoms with Crippen LogP contribution < -0.4 is 5.32 Å². The molecule has 5 heteroatoms. The summed E-state index contributed by atoms with van der Waals surface area (Å²) in [6.07, 6.45) is 5.57. The van der Waals surface area contributed by atoms with Crippen molar-refractivity contribution in [3.05, 3.63) is 0 Å². The topological polar surface area (TPSA) is 55.4 Å². The third-order valence-corrected chi connectivity index (χ3v) is 6.26. The lowest BCUT2D eigenvalue weighted by Crippen LogP contribution is -2.39. The first kappa shape index (κ1) is 13.3. The number of rotatable bonds is 4. The minimum absolute atomic E-state index is 0.0463. The average Bonchev–Trinajstić information content (AvgIpc) is 2.81. The maximum Gasteiger partial charge on any atom is 0.155 e. The van der Waals surface area contributed by atoms with Crippen LogP contribution in [0.4, 0.5) is 0 Å². The summed E-state index contributed by atoms with van der Waals surface area (Å²) in [6.45, 7) is 0.726. The summed E-state index contributed by atoms with van der Waals surface area (Å²) in [7, 11) is -1.06. The molecule has 4 nitrogen and oxygen atoms in total. The Labute approximate surface area is 104 Å². The number of hydrogen-bond acceptors (Lipinski definition) is 4. The monoisotopic (exact) mass is 261 g/mol. The van der Waals surface area contributed by atoms with Crippen molar-refractivity contribution < 1.29 is 13.2 Å². The van der Waals surface area contributed by atoms with Crippen molar-refractivity contribution in [2.45, 2.75) is 55.9 Å². The Hall–Kier alpha value is -0.130. The Kier molecular flexibility index (Phi) is 4.44. The van der Waals surface area contributed by atoms with E-state index in [1.165, 1.54) is 0 Å². The van der Waals surface area contributed by atoms with E-state index in [0.717, 1.165) is 45.1 Å². The molecule has 1 N–H and O–H groups in total. The van der Waals surface area contributed by atoms with Gasteiger partial charge in [-0.25, -0.2) is 8.42 Å². The van der Waals surface area contributed by atoms with Gasteiger partial charge in [-0.15, -0.1) is 0 Å². The summed E-state index contributed by atoms with van der Waals surface area (Å²) in [4.78, 5) is 0. The Morgan fingerprint density at radius 1 is 1.24 bits per heavy atom. The van der Waals surface area contributed by atoms with Gasteiger partial charge in [-0.2, -0.15) is 0 Å². The molecule has 1 heterocycles. The molecule has 0 amide bonds. The van der Waals surface area contributed by atoms with Crippen LogP contribution in [0.3, 0.4) is 0 Å². The fourth-order valence-electron chi connectivity index (χ4n) is 2.90. The largest absolute Gasteiger partial charge is 0.377 e. The van der Waals surface area contributed by atoms with Crippen LogP contribution in [0.2, 0.25) is 0 Å². The molecule has 3 unspecified atom stereocenters. The minimum atomic E-state index is -2.97. The molecule has 17 heavy (non-hydrogen) atoms. The van der Waals surface area contributed by atoms with Crippen molar-refractivity contribution in [1.82, 2.24) is 5.32 Å². The molecular weight excluding hydrogens is 238 g/mol. The minimum Gasteiger partial charge on any atom is -0.377 e. The number of nitrogens with one attached hydrogen (secondary N) is 1. The van der Waals surface area contributed by atoms with Gasteiger partial charge in [0.1, 0.15) is 0 Å². The van der Waals surface area contributed by atoms with E-state index in [1.807, 2.05) is 7.05 Å². The van der Waals surface area contributed by atoms with Gasteiger partial charge >= 0.3 is 0 Å². The predicted octanol–water partition coefficient (Wildman–Crippen LogP) is 1.11. The summed E-state index contributed by atoms with van der Waals surface area (Å²) in [5.74, 6) is 0.230. The lowest BCUT2D eigenvalue weighted by molar-refractivity contribution is 0.127. The normalized spacial score (nSPS) is 35.0. The van der Waals surface area contributed by atoms with Crippen LogP contribution in [-0.2, 0) is 14.6 Å². The molecule has 0 aromatic rings. The molecule has 3 atom stereocenters. The SMILES string of the molecule is CNC1CCCC(S(=O)(=O)CC2CCCO2)C1. The lowest BCUT2D eigenvalue weighted by atomic mass is 9.95. The van der Waals surface area contributed by atoms with Crippen LogP contribution in [0.1, 0.15) is 38.5 Å². The zero-order valence-electron chi connectivity index (χ0n) is 10.5. The van der Waals surface area contributed by atoms with E-state index in [-0.39, 0.29) is 17.1 Å². The number of sulfone groups is 1. The highest BCUT2D eigenvalue weighted by atomic mass is 32.2. The molecule has 2 rings (SSSR count). The second kappa shape index (κ2) is 5.67. The Balaban J connectivity index is 1.94.